The van der Waals surface area contributed by atoms with E-state index >= 15 is 0 Å². The van der Waals surface area contributed by atoms with Gasteiger partial charge < -0.3 is 15.1 Å². The van der Waals surface area contributed by atoms with Crippen molar-refractivity contribution in [1.82, 2.24) is 15.6 Å². The lowest BCUT2D eigenvalue weighted by Crippen LogP contribution is -2.38. The largest absolute Gasteiger partial charge is 0.444 e. The summed E-state index contributed by atoms with van der Waals surface area (Å²) in [7, 11) is 1.49. The first-order valence-electron chi connectivity index (χ1n) is 6.99. The number of rotatable bonds is 5. The fourth-order valence-corrected chi connectivity index (χ4v) is 1.82. The highest BCUT2D eigenvalue weighted by Gasteiger charge is 2.26. The van der Waals surface area contributed by atoms with Gasteiger partial charge in [0, 0.05) is 19.2 Å². The number of halogens is 3. The number of aromatic nitrogens is 1. The second kappa shape index (κ2) is 7.66. The average molecular weight is 326 g/mol. The molecule has 0 unspecified atom stereocenters. The van der Waals surface area contributed by atoms with Crippen molar-refractivity contribution >= 4 is 5.96 Å². The number of benzene rings is 1. The van der Waals surface area contributed by atoms with E-state index in [-0.39, 0.29) is 12.5 Å². The Bertz CT molecular complexity index is 638. The van der Waals surface area contributed by atoms with Crippen molar-refractivity contribution in [2.24, 2.45) is 4.99 Å². The summed E-state index contributed by atoms with van der Waals surface area (Å²) >= 11 is 0. The van der Waals surface area contributed by atoms with Gasteiger partial charge in [0.05, 0.1) is 18.7 Å². The first-order valence-corrected chi connectivity index (χ1v) is 6.99. The van der Waals surface area contributed by atoms with Crippen LogP contribution in [-0.2, 0) is 6.54 Å². The molecule has 2 N–H and O–H groups in total. The van der Waals surface area contributed by atoms with Gasteiger partial charge in [-0.25, -0.2) is 4.98 Å². The fourth-order valence-electron chi connectivity index (χ4n) is 1.82. The third kappa shape index (κ3) is 5.65. The number of guanidine groups is 1. The zero-order chi connectivity index (χ0) is 16.7. The fraction of sp³-hybridized carbons (Fsp3) is 0.333. The second-order valence-corrected chi connectivity index (χ2v) is 4.73. The second-order valence-electron chi connectivity index (χ2n) is 4.73. The van der Waals surface area contributed by atoms with E-state index in [1.54, 1.807) is 0 Å². The summed E-state index contributed by atoms with van der Waals surface area (Å²) in [6, 6.07) is 9.40. The van der Waals surface area contributed by atoms with E-state index in [0.717, 1.165) is 5.56 Å². The number of nitrogens with zero attached hydrogens (tertiary/aromatic N) is 2. The monoisotopic (exact) mass is 326 g/mol. The number of hydrogen-bond donors (Lipinski definition) is 2. The standard InChI is InChI=1S/C15H17F3N4O/c1-19-14(20-8-7-15(16,17)18)21-9-12-10-23-13(22-12)11-5-3-2-4-6-11/h2-6,10H,7-9H2,1H3,(H2,19,20,21). The lowest BCUT2D eigenvalue weighted by atomic mass is 10.2. The van der Waals surface area contributed by atoms with Crippen molar-refractivity contribution in [3.05, 3.63) is 42.3 Å². The molecule has 0 aliphatic heterocycles. The van der Waals surface area contributed by atoms with Crippen LogP contribution in [0.15, 0.2) is 46.0 Å². The smallest absolute Gasteiger partial charge is 0.390 e. The minimum Gasteiger partial charge on any atom is -0.444 e. The summed E-state index contributed by atoms with van der Waals surface area (Å²) in [5.74, 6) is 0.765. The van der Waals surface area contributed by atoms with Crippen LogP contribution >= 0.6 is 0 Å². The van der Waals surface area contributed by atoms with E-state index in [4.69, 9.17) is 4.42 Å². The molecular weight excluding hydrogens is 309 g/mol. The minimum absolute atomic E-state index is 0.239. The zero-order valence-electron chi connectivity index (χ0n) is 12.5. The van der Waals surface area contributed by atoms with E-state index in [1.165, 1.54) is 13.3 Å². The number of hydrogen-bond acceptors (Lipinski definition) is 3. The van der Waals surface area contributed by atoms with Crippen LogP contribution in [0.5, 0.6) is 0 Å². The van der Waals surface area contributed by atoms with E-state index in [1.807, 2.05) is 30.3 Å². The van der Waals surface area contributed by atoms with Gasteiger partial charge in [-0.3, -0.25) is 4.99 Å². The van der Waals surface area contributed by atoms with Crippen LogP contribution < -0.4 is 10.6 Å². The molecule has 0 atom stereocenters. The summed E-state index contributed by atoms with van der Waals surface area (Å²) in [5, 5.41) is 5.48. The topological polar surface area (TPSA) is 62.5 Å². The molecule has 0 amide bonds. The highest BCUT2D eigenvalue weighted by atomic mass is 19.4. The molecule has 0 aliphatic carbocycles. The Morgan fingerprint density at radius 1 is 1.22 bits per heavy atom. The van der Waals surface area contributed by atoms with Crippen molar-refractivity contribution in [3.8, 4) is 11.5 Å². The van der Waals surface area contributed by atoms with Crippen LogP contribution in [-0.4, -0.2) is 30.7 Å². The molecule has 0 fully saturated rings. The van der Waals surface area contributed by atoms with Gasteiger partial charge in [0.15, 0.2) is 5.96 Å². The molecule has 0 saturated carbocycles. The molecule has 0 bridgehead atoms. The molecule has 1 aromatic carbocycles. The maximum absolute atomic E-state index is 12.1. The maximum atomic E-state index is 12.1. The summed E-state index contributed by atoms with van der Waals surface area (Å²) in [6.07, 6.45) is -3.61. The quantitative estimate of drug-likeness (QED) is 0.655. The van der Waals surface area contributed by atoms with Crippen LogP contribution in [0.3, 0.4) is 0 Å². The van der Waals surface area contributed by atoms with Crippen molar-refractivity contribution in [2.45, 2.75) is 19.1 Å². The first-order chi connectivity index (χ1) is 11.0. The Morgan fingerprint density at radius 2 is 1.96 bits per heavy atom. The van der Waals surface area contributed by atoms with Gasteiger partial charge in [-0.2, -0.15) is 13.2 Å². The van der Waals surface area contributed by atoms with E-state index < -0.39 is 12.6 Å². The van der Waals surface area contributed by atoms with Gasteiger partial charge in [0.25, 0.3) is 0 Å². The van der Waals surface area contributed by atoms with Gasteiger partial charge in [0.2, 0.25) is 5.89 Å². The molecule has 0 spiro atoms. The molecule has 8 heteroatoms. The van der Waals surface area contributed by atoms with Crippen LogP contribution in [0.4, 0.5) is 13.2 Å². The van der Waals surface area contributed by atoms with Crippen molar-refractivity contribution in [2.75, 3.05) is 13.6 Å². The van der Waals surface area contributed by atoms with Gasteiger partial charge in [0.1, 0.15) is 6.26 Å². The molecule has 1 heterocycles. The van der Waals surface area contributed by atoms with Crippen LogP contribution in [0, 0.1) is 0 Å². The molecule has 0 saturated heterocycles. The molecule has 2 aromatic rings. The average Bonchev–Trinajstić information content (AvgIpc) is 2.99. The Labute approximate surface area is 131 Å². The van der Waals surface area contributed by atoms with Gasteiger partial charge in [-0.05, 0) is 12.1 Å². The maximum Gasteiger partial charge on any atom is 0.390 e. The van der Waals surface area contributed by atoms with Crippen molar-refractivity contribution in [3.63, 3.8) is 0 Å². The summed E-state index contributed by atoms with van der Waals surface area (Å²) in [5.41, 5.74) is 1.48. The summed E-state index contributed by atoms with van der Waals surface area (Å²) in [4.78, 5) is 8.17. The minimum atomic E-state index is -4.19. The Morgan fingerprint density at radius 3 is 2.61 bits per heavy atom. The molecule has 2 rings (SSSR count). The lowest BCUT2D eigenvalue weighted by Gasteiger charge is -2.11. The molecular formula is C15H17F3N4O. The molecule has 23 heavy (non-hydrogen) atoms. The lowest BCUT2D eigenvalue weighted by molar-refractivity contribution is -0.132. The van der Waals surface area contributed by atoms with Crippen molar-refractivity contribution in [1.29, 1.82) is 0 Å². The van der Waals surface area contributed by atoms with Crippen molar-refractivity contribution < 1.29 is 17.6 Å². The molecule has 0 radical (unpaired) electrons. The van der Waals surface area contributed by atoms with E-state index in [0.29, 0.717) is 18.1 Å². The highest BCUT2D eigenvalue weighted by molar-refractivity contribution is 5.79. The van der Waals surface area contributed by atoms with E-state index in [9.17, 15) is 13.2 Å². The van der Waals surface area contributed by atoms with Crippen LogP contribution in [0.2, 0.25) is 0 Å². The summed E-state index contributed by atoms with van der Waals surface area (Å²) < 4.78 is 41.7. The number of nitrogens with one attached hydrogen (secondary N) is 2. The number of alkyl halides is 3. The Balaban J connectivity index is 1.84. The van der Waals surface area contributed by atoms with Gasteiger partial charge in [-0.1, -0.05) is 18.2 Å². The molecule has 5 nitrogen and oxygen atoms in total. The first kappa shape index (κ1) is 16.9. The molecule has 124 valence electrons. The third-order valence-corrected chi connectivity index (χ3v) is 2.93. The normalized spacial score (nSPS) is 12.3. The van der Waals surface area contributed by atoms with Crippen LogP contribution in [0.1, 0.15) is 12.1 Å². The highest BCUT2D eigenvalue weighted by Crippen LogP contribution is 2.18. The SMILES string of the molecule is CN=C(NCCC(F)(F)F)NCc1coc(-c2ccccc2)n1. The summed E-state index contributed by atoms with van der Waals surface area (Å²) in [6.45, 7) is 0.0548. The molecule has 0 aliphatic rings. The van der Waals surface area contributed by atoms with Gasteiger partial charge in [-0.15, -0.1) is 0 Å². The van der Waals surface area contributed by atoms with E-state index in [2.05, 4.69) is 20.6 Å². The predicted molar refractivity (Wildman–Crippen MR) is 80.8 cm³/mol. The molecule has 1 aromatic heterocycles. The van der Waals surface area contributed by atoms with Crippen LogP contribution in [0.25, 0.3) is 11.5 Å². The Kier molecular flexibility index (Phi) is 5.61. The number of oxazole rings is 1. The predicted octanol–water partition coefficient (Wildman–Crippen LogP) is 2.96. The Hall–Kier alpha value is -2.51. The zero-order valence-corrected chi connectivity index (χ0v) is 12.5. The van der Waals surface area contributed by atoms with Gasteiger partial charge >= 0.3 is 6.18 Å². The third-order valence-electron chi connectivity index (χ3n) is 2.93. The number of aliphatic imine (C=N–C) groups is 1.